The Labute approximate surface area is 137 Å². The number of aromatic nitrogens is 1. The van der Waals surface area contributed by atoms with E-state index < -0.39 is 17.3 Å². The molecule has 1 aliphatic carbocycles. The maximum Gasteiger partial charge on any atom is 0.416 e. The number of pyridine rings is 1. The minimum Gasteiger partial charge on any atom is -0.320 e. The van der Waals surface area contributed by atoms with Gasteiger partial charge in [0.15, 0.2) is 0 Å². The number of nitrogens with zero attached hydrogens (tertiary/aromatic N) is 2. The summed E-state index contributed by atoms with van der Waals surface area (Å²) in [5, 5.41) is 0. The van der Waals surface area contributed by atoms with Crippen molar-refractivity contribution < 1.29 is 18.0 Å². The van der Waals surface area contributed by atoms with Gasteiger partial charge in [-0.1, -0.05) is 12.1 Å². The van der Waals surface area contributed by atoms with Crippen LogP contribution in [-0.2, 0) is 29.4 Å². The van der Waals surface area contributed by atoms with Crippen LogP contribution in [-0.4, -0.2) is 17.4 Å². The Morgan fingerprint density at radius 2 is 1.96 bits per heavy atom. The van der Waals surface area contributed by atoms with E-state index in [0.717, 1.165) is 24.0 Å². The van der Waals surface area contributed by atoms with Crippen LogP contribution < -0.4 is 5.49 Å². The number of hydrogen-bond acceptors (Lipinski definition) is 2. The second-order valence-corrected chi connectivity index (χ2v) is 5.96. The first kappa shape index (κ1) is 16.5. The Balaban J connectivity index is 2.09. The molecule has 0 radical (unpaired) electrons. The standard InChI is InChI=1S/C18H17F3N2O/c1-2-22-16-5-3-4-8-23(16)17(12-24)10-13-6-7-15(18(19,20)21)9-14(13)11-17/h3-9,12H,2,10-11H2,1H3. The first-order chi connectivity index (χ1) is 11.4. The van der Waals surface area contributed by atoms with Crippen molar-refractivity contribution in [2.75, 3.05) is 6.54 Å². The number of carbonyl (C=O) groups excluding carboxylic acids is 1. The smallest absolute Gasteiger partial charge is 0.320 e. The number of rotatable bonds is 3. The Bertz CT molecular complexity index is 839. The van der Waals surface area contributed by atoms with Crippen LogP contribution in [0.15, 0.2) is 47.6 Å². The van der Waals surface area contributed by atoms with Crippen molar-refractivity contribution in [3.63, 3.8) is 0 Å². The van der Waals surface area contributed by atoms with Gasteiger partial charge in [-0.25, -0.2) is 0 Å². The second kappa shape index (κ2) is 5.92. The number of aldehydes is 1. The zero-order valence-corrected chi connectivity index (χ0v) is 13.2. The summed E-state index contributed by atoms with van der Waals surface area (Å²) in [4.78, 5) is 16.3. The average molecular weight is 334 g/mol. The maximum atomic E-state index is 12.9. The molecule has 3 rings (SSSR count). The van der Waals surface area contributed by atoms with Crippen molar-refractivity contribution >= 4 is 6.29 Å². The lowest BCUT2D eigenvalue weighted by atomic mass is 9.97. The number of halogens is 3. The third kappa shape index (κ3) is 2.77. The highest BCUT2D eigenvalue weighted by molar-refractivity contribution is 5.66. The van der Waals surface area contributed by atoms with Crippen LogP contribution in [0.3, 0.4) is 0 Å². The van der Waals surface area contributed by atoms with Crippen molar-refractivity contribution in [2.45, 2.75) is 31.5 Å². The quantitative estimate of drug-likeness (QED) is 0.794. The highest BCUT2D eigenvalue weighted by Gasteiger charge is 2.40. The Kier molecular flexibility index (Phi) is 4.07. The molecule has 0 amide bonds. The summed E-state index contributed by atoms with van der Waals surface area (Å²) in [6, 6.07) is 9.13. The lowest BCUT2D eigenvalue weighted by Gasteiger charge is -2.26. The van der Waals surface area contributed by atoms with Crippen LogP contribution in [0.4, 0.5) is 13.2 Å². The summed E-state index contributed by atoms with van der Waals surface area (Å²) < 4.78 is 40.6. The van der Waals surface area contributed by atoms with Gasteiger partial charge >= 0.3 is 6.18 Å². The summed E-state index contributed by atoms with van der Waals surface area (Å²) in [6.45, 7) is 2.45. The summed E-state index contributed by atoms with van der Waals surface area (Å²) in [6.07, 6.45) is -1.19. The number of carbonyl (C=O) groups is 1. The first-order valence-corrected chi connectivity index (χ1v) is 7.73. The van der Waals surface area contributed by atoms with Crippen molar-refractivity contribution in [2.24, 2.45) is 4.99 Å². The van der Waals surface area contributed by atoms with Crippen molar-refractivity contribution in [1.82, 2.24) is 4.57 Å². The van der Waals surface area contributed by atoms with E-state index >= 15 is 0 Å². The van der Waals surface area contributed by atoms with Gasteiger partial charge < -0.3 is 9.36 Å². The zero-order chi connectivity index (χ0) is 17.4. The number of hydrogen-bond donors (Lipinski definition) is 0. The minimum atomic E-state index is -4.38. The fourth-order valence-corrected chi connectivity index (χ4v) is 3.27. The lowest BCUT2D eigenvalue weighted by Crippen LogP contribution is -2.43. The highest BCUT2D eigenvalue weighted by atomic mass is 19.4. The summed E-state index contributed by atoms with van der Waals surface area (Å²) in [5.41, 5.74) is 0.377. The first-order valence-electron chi connectivity index (χ1n) is 7.73. The molecule has 0 fully saturated rings. The van der Waals surface area contributed by atoms with Gasteiger partial charge in [-0.15, -0.1) is 0 Å². The molecular formula is C18H17F3N2O. The molecule has 0 aliphatic heterocycles. The van der Waals surface area contributed by atoms with Crippen LogP contribution >= 0.6 is 0 Å². The largest absolute Gasteiger partial charge is 0.416 e. The Morgan fingerprint density at radius 1 is 1.21 bits per heavy atom. The molecule has 6 heteroatoms. The van der Waals surface area contributed by atoms with Crippen LogP contribution in [0.1, 0.15) is 23.6 Å². The molecule has 126 valence electrons. The molecule has 0 N–H and O–H groups in total. The summed E-state index contributed by atoms with van der Waals surface area (Å²) in [5.74, 6) is 0. The molecular weight excluding hydrogens is 317 g/mol. The minimum absolute atomic E-state index is 0.233. The normalized spacial score (nSPS) is 20.9. The van der Waals surface area contributed by atoms with E-state index in [1.807, 2.05) is 13.0 Å². The fourth-order valence-electron chi connectivity index (χ4n) is 3.27. The summed E-state index contributed by atoms with van der Waals surface area (Å²) in [7, 11) is 0. The van der Waals surface area contributed by atoms with Crippen molar-refractivity contribution in [3.8, 4) is 0 Å². The molecule has 0 spiro atoms. The van der Waals surface area contributed by atoms with Gasteiger partial charge in [-0.3, -0.25) is 4.99 Å². The number of benzene rings is 1. The van der Waals surface area contributed by atoms with E-state index in [9.17, 15) is 18.0 Å². The maximum absolute atomic E-state index is 12.9. The van der Waals surface area contributed by atoms with E-state index in [1.165, 1.54) is 6.07 Å². The van der Waals surface area contributed by atoms with Crippen LogP contribution in [0.25, 0.3) is 0 Å². The molecule has 1 aromatic heterocycles. The monoisotopic (exact) mass is 334 g/mol. The Hall–Kier alpha value is -2.37. The molecule has 1 heterocycles. The summed E-state index contributed by atoms with van der Waals surface area (Å²) >= 11 is 0. The van der Waals surface area contributed by atoms with E-state index in [2.05, 4.69) is 4.99 Å². The lowest BCUT2D eigenvalue weighted by molar-refractivity contribution is -0.137. The van der Waals surface area contributed by atoms with Gasteiger partial charge in [-0.05, 0) is 42.3 Å². The van der Waals surface area contributed by atoms with E-state index in [1.54, 1.807) is 22.9 Å². The molecule has 24 heavy (non-hydrogen) atoms. The van der Waals surface area contributed by atoms with Gasteiger partial charge in [-0.2, -0.15) is 13.2 Å². The molecule has 1 aliphatic rings. The van der Waals surface area contributed by atoms with Crippen LogP contribution in [0, 0.1) is 0 Å². The van der Waals surface area contributed by atoms with E-state index in [-0.39, 0.29) is 6.42 Å². The van der Waals surface area contributed by atoms with Crippen molar-refractivity contribution in [1.29, 1.82) is 0 Å². The molecule has 1 unspecified atom stereocenters. The number of alkyl halides is 3. The molecule has 1 aromatic carbocycles. The topological polar surface area (TPSA) is 34.4 Å². The van der Waals surface area contributed by atoms with Crippen LogP contribution in [0.2, 0.25) is 0 Å². The van der Waals surface area contributed by atoms with Gasteiger partial charge in [0, 0.05) is 25.6 Å². The van der Waals surface area contributed by atoms with Gasteiger partial charge in [0.2, 0.25) is 0 Å². The van der Waals surface area contributed by atoms with E-state index in [4.69, 9.17) is 0 Å². The molecule has 1 atom stereocenters. The van der Waals surface area contributed by atoms with Crippen LogP contribution in [0.5, 0.6) is 0 Å². The highest BCUT2D eigenvalue weighted by Crippen LogP contribution is 2.37. The zero-order valence-electron chi connectivity index (χ0n) is 13.2. The fraction of sp³-hybridized carbons (Fsp3) is 0.333. The van der Waals surface area contributed by atoms with Gasteiger partial charge in [0.1, 0.15) is 17.3 Å². The Morgan fingerprint density at radius 3 is 2.62 bits per heavy atom. The predicted molar refractivity (Wildman–Crippen MR) is 83.4 cm³/mol. The van der Waals surface area contributed by atoms with E-state index in [0.29, 0.717) is 24.0 Å². The third-order valence-electron chi connectivity index (χ3n) is 4.38. The predicted octanol–water partition coefficient (Wildman–Crippen LogP) is 3.12. The SMILES string of the molecule is CCN=c1ccccn1C1(C=O)Cc2ccc(C(F)(F)F)cc2C1. The molecule has 0 saturated heterocycles. The molecule has 2 aromatic rings. The van der Waals surface area contributed by atoms with Gasteiger partial charge in [0.05, 0.1) is 5.56 Å². The average Bonchev–Trinajstić information content (AvgIpc) is 2.94. The second-order valence-electron chi connectivity index (χ2n) is 5.96. The number of fused-ring (bicyclic) bond motifs is 1. The van der Waals surface area contributed by atoms with Crippen molar-refractivity contribution in [3.05, 3.63) is 64.8 Å². The third-order valence-corrected chi connectivity index (χ3v) is 4.38. The molecule has 0 bridgehead atoms. The molecule has 0 saturated carbocycles. The molecule has 3 nitrogen and oxygen atoms in total. The van der Waals surface area contributed by atoms with Gasteiger partial charge in [0.25, 0.3) is 0 Å².